The summed E-state index contributed by atoms with van der Waals surface area (Å²) in [5.41, 5.74) is 2.17. The third kappa shape index (κ3) is 4.93. The summed E-state index contributed by atoms with van der Waals surface area (Å²) in [6.07, 6.45) is 9.15. The Hall–Kier alpha value is -1.42. The number of hydrogen-bond donors (Lipinski definition) is 2. The zero-order valence-corrected chi connectivity index (χ0v) is 12.3. The van der Waals surface area contributed by atoms with Crippen molar-refractivity contribution in [2.24, 2.45) is 0 Å². The van der Waals surface area contributed by atoms with Gasteiger partial charge in [-0.2, -0.15) is 0 Å². The maximum absolute atomic E-state index is 11.9. The predicted octanol–water partition coefficient (Wildman–Crippen LogP) is 2.32. The second kappa shape index (κ2) is 8.00. The van der Waals surface area contributed by atoms with Crippen molar-refractivity contribution in [2.45, 2.75) is 58.0 Å². The summed E-state index contributed by atoms with van der Waals surface area (Å²) < 4.78 is 0. The molecule has 110 valence electrons. The van der Waals surface area contributed by atoms with Gasteiger partial charge in [-0.15, -0.1) is 0 Å². The number of rotatable bonds is 5. The lowest BCUT2D eigenvalue weighted by Crippen LogP contribution is -2.40. The molecule has 0 saturated heterocycles. The van der Waals surface area contributed by atoms with Crippen molar-refractivity contribution in [3.05, 3.63) is 29.6 Å². The van der Waals surface area contributed by atoms with E-state index in [-0.39, 0.29) is 5.91 Å². The molecule has 2 rings (SSSR count). The van der Waals surface area contributed by atoms with Crippen molar-refractivity contribution in [1.29, 1.82) is 0 Å². The largest absolute Gasteiger partial charge is 0.352 e. The molecule has 1 aromatic heterocycles. The van der Waals surface area contributed by atoms with Crippen LogP contribution in [0.25, 0.3) is 0 Å². The van der Waals surface area contributed by atoms with Crippen LogP contribution in [0.5, 0.6) is 0 Å². The summed E-state index contributed by atoms with van der Waals surface area (Å²) >= 11 is 0. The second-order valence-corrected chi connectivity index (χ2v) is 5.63. The Labute approximate surface area is 121 Å². The first-order chi connectivity index (χ1) is 9.75. The monoisotopic (exact) mass is 275 g/mol. The van der Waals surface area contributed by atoms with E-state index in [0.717, 1.165) is 24.1 Å². The molecule has 1 amide bonds. The molecule has 1 fully saturated rings. The highest BCUT2D eigenvalue weighted by Crippen LogP contribution is 2.16. The van der Waals surface area contributed by atoms with E-state index in [1.165, 1.54) is 25.7 Å². The van der Waals surface area contributed by atoms with Crippen molar-refractivity contribution in [3.63, 3.8) is 0 Å². The van der Waals surface area contributed by atoms with Gasteiger partial charge >= 0.3 is 0 Å². The third-order valence-corrected chi connectivity index (χ3v) is 3.92. The molecule has 4 heteroatoms. The number of carbonyl (C=O) groups is 1. The Balaban J connectivity index is 1.68. The molecular weight excluding hydrogens is 250 g/mol. The number of nitrogens with one attached hydrogen (secondary N) is 2. The molecule has 0 spiro atoms. The highest BCUT2D eigenvalue weighted by atomic mass is 16.1. The van der Waals surface area contributed by atoms with Gasteiger partial charge in [-0.25, -0.2) is 0 Å². The first-order valence-electron chi connectivity index (χ1n) is 7.66. The number of aryl methyl sites for hydroxylation is 1. The van der Waals surface area contributed by atoms with E-state index < -0.39 is 0 Å². The van der Waals surface area contributed by atoms with Crippen LogP contribution in [0.4, 0.5) is 0 Å². The SMILES string of the molecule is Cc1cccnc1CNCC(=O)NC1CCCCCC1. The fourth-order valence-electron chi connectivity index (χ4n) is 2.70. The van der Waals surface area contributed by atoms with Gasteiger partial charge in [0.1, 0.15) is 0 Å². The summed E-state index contributed by atoms with van der Waals surface area (Å²) in [4.78, 5) is 16.2. The van der Waals surface area contributed by atoms with Crippen LogP contribution in [-0.4, -0.2) is 23.5 Å². The van der Waals surface area contributed by atoms with Crippen LogP contribution in [0.1, 0.15) is 49.8 Å². The Morgan fingerprint density at radius 1 is 1.30 bits per heavy atom. The number of nitrogens with zero attached hydrogens (tertiary/aromatic N) is 1. The van der Waals surface area contributed by atoms with Crippen LogP contribution >= 0.6 is 0 Å². The lowest BCUT2D eigenvalue weighted by atomic mass is 10.1. The summed E-state index contributed by atoms with van der Waals surface area (Å²) in [6.45, 7) is 3.05. The van der Waals surface area contributed by atoms with Gasteiger partial charge in [-0.1, -0.05) is 31.7 Å². The molecule has 20 heavy (non-hydrogen) atoms. The molecule has 0 aliphatic heterocycles. The normalized spacial score (nSPS) is 16.6. The molecule has 0 radical (unpaired) electrons. The molecule has 1 aromatic rings. The number of pyridine rings is 1. The molecular formula is C16H25N3O. The maximum Gasteiger partial charge on any atom is 0.234 e. The molecule has 1 aliphatic rings. The van der Waals surface area contributed by atoms with Crippen LogP contribution in [0.3, 0.4) is 0 Å². The van der Waals surface area contributed by atoms with Crippen molar-refractivity contribution in [1.82, 2.24) is 15.6 Å². The highest BCUT2D eigenvalue weighted by molar-refractivity contribution is 5.78. The van der Waals surface area contributed by atoms with Crippen LogP contribution in [0.2, 0.25) is 0 Å². The summed E-state index contributed by atoms with van der Waals surface area (Å²) in [5.74, 6) is 0.102. The Morgan fingerprint density at radius 2 is 2.05 bits per heavy atom. The van der Waals surface area contributed by atoms with Crippen molar-refractivity contribution in [3.8, 4) is 0 Å². The summed E-state index contributed by atoms with van der Waals surface area (Å²) in [6, 6.07) is 4.34. The van der Waals surface area contributed by atoms with Gasteiger partial charge in [-0.05, 0) is 31.4 Å². The van der Waals surface area contributed by atoms with E-state index >= 15 is 0 Å². The van der Waals surface area contributed by atoms with Crippen molar-refractivity contribution < 1.29 is 4.79 Å². The van der Waals surface area contributed by atoms with Gasteiger partial charge in [-0.3, -0.25) is 9.78 Å². The Bertz CT molecular complexity index is 425. The quantitative estimate of drug-likeness (QED) is 0.811. The van der Waals surface area contributed by atoms with E-state index in [4.69, 9.17) is 0 Å². The van der Waals surface area contributed by atoms with Gasteiger partial charge in [0.25, 0.3) is 0 Å². The van der Waals surface area contributed by atoms with Gasteiger partial charge < -0.3 is 10.6 Å². The molecule has 0 unspecified atom stereocenters. The smallest absolute Gasteiger partial charge is 0.234 e. The van der Waals surface area contributed by atoms with E-state index in [2.05, 4.69) is 15.6 Å². The molecule has 4 nitrogen and oxygen atoms in total. The van der Waals surface area contributed by atoms with E-state index in [0.29, 0.717) is 19.1 Å². The number of hydrogen-bond acceptors (Lipinski definition) is 3. The number of amides is 1. The lowest BCUT2D eigenvalue weighted by molar-refractivity contribution is -0.121. The number of carbonyl (C=O) groups excluding carboxylic acids is 1. The Morgan fingerprint density at radius 3 is 2.75 bits per heavy atom. The van der Waals surface area contributed by atoms with Crippen LogP contribution in [-0.2, 0) is 11.3 Å². The zero-order chi connectivity index (χ0) is 14.2. The topological polar surface area (TPSA) is 54.0 Å². The van der Waals surface area contributed by atoms with Crippen LogP contribution < -0.4 is 10.6 Å². The standard InChI is InChI=1S/C16H25N3O/c1-13-7-6-10-18-15(13)11-17-12-16(20)19-14-8-4-2-3-5-9-14/h6-7,10,14,17H,2-5,8-9,11-12H2,1H3,(H,19,20). The molecule has 1 aliphatic carbocycles. The molecule has 1 heterocycles. The van der Waals surface area contributed by atoms with Gasteiger partial charge in [0, 0.05) is 18.8 Å². The Kier molecular flexibility index (Phi) is 5.99. The van der Waals surface area contributed by atoms with Crippen molar-refractivity contribution in [2.75, 3.05) is 6.54 Å². The lowest BCUT2D eigenvalue weighted by Gasteiger charge is -2.16. The fourth-order valence-corrected chi connectivity index (χ4v) is 2.70. The minimum Gasteiger partial charge on any atom is -0.352 e. The van der Waals surface area contributed by atoms with Gasteiger partial charge in [0.05, 0.1) is 12.2 Å². The highest BCUT2D eigenvalue weighted by Gasteiger charge is 2.14. The van der Waals surface area contributed by atoms with Crippen LogP contribution in [0.15, 0.2) is 18.3 Å². The fraction of sp³-hybridized carbons (Fsp3) is 0.625. The zero-order valence-electron chi connectivity index (χ0n) is 12.3. The number of aromatic nitrogens is 1. The third-order valence-electron chi connectivity index (χ3n) is 3.92. The molecule has 0 aromatic carbocycles. The van der Waals surface area contributed by atoms with Gasteiger partial charge in [0.15, 0.2) is 0 Å². The first kappa shape index (κ1) is 15.0. The molecule has 2 N–H and O–H groups in total. The van der Waals surface area contributed by atoms with Crippen molar-refractivity contribution >= 4 is 5.91 Å². The van der Waals surface area contributed by atoms with Crippen LogP contribution in [0, 0.1) is 6.92 Å². The summed E-state index contributed by atoms with van der Waals surface area (Å²) in [7, 11) is 0. The predicted molar refractivity (Wildman–Crippen MR) is 80.3 cm³/mol. The second-order valence-electron chi connectivity index (χ2n) is 5.63. The molecule has 0 atom stereocenters. The summed E-state index contributed by atoms with van der Waals surface area (Å²) in [5, 5.41) is 6.31. The minimum absolute atomic E-state index is 0.102. The average molecular weight is 275 g/mol. The minimum atomic E-state index is 0.102. The maximum atomic E-state index is 11.9. The van der Waals surface area contributed by atoms with E-state index in [1.807, 2.05) is 19.1 Å². The average Bonchev–Trinajstić information content (AvgIpc) is 2.69. The van der Waals surface area contributed by atoms with E-state index in [1.54, 1.807) is 6.20 Å². The molecule has 0 bridgehead atoms. The van der Waals surface area contributed by atoms with E-state index in [9.17, 15) is 4.79 Å². The van der Waals surface area contributed by atoms with Gasteiger partial charge in [0.2, 0.25) is 5.91 Å². The molecule has 1 saturated carbocycles. The first-order valence-corrected chi connectivity index (χ1v) is 7.66.